The van der Waals surface area contributed by atoms with Crippen LogP contribution in [0.1, 0.15) is 25.7 Å². The zero-order valence-electron chi connectivity index (χ0n) is 15.3. The molecule has 0 bridgehead atoms. The maximum atomic E-state index is 13.1. The number of likely N-dealkylation sites (tertiary alicyclic amines) is 1. The van der Waals surface area contributed by atoms with Crippen molar-refractivity contribution in [3.05, 3.63) is 34.1 Å². The van der Waals surface area contributed by atoms with E-state index in [0.29, 0.717) is 18.9 Å². The number of carbonyl (C=O) groups excluding carboxylic acids is 4. The molecule has 0 aromatic heterocycles. The van der Waals surface area contributed by atoms with Crippen LogP contribution in [0.15, 0.2) is 18.2 Å². The third-order valence-electron chi connectivity index (χ3n) is 5.01. The Morgan fingerprint density at radius 3 is 2.41 bits per heavy atom. The van der Waals surface area contributed by atoms with Gasteiger partial charge in [-0.05, 0) is 25.0 Å². The van der Waals surface area contributed by atoms with Crippen LogP contribution in [0.4, 0.5) is 15.8 Å². The zero-order valence-corrected chi connectivity index (χ0v) is 15.3. The predicted octanol–water partition coefficient (Wildman–Crippen LogP) is 1.39. The van der Waals surface area contributed by atoms with E-state index in [2.05, 4.69) is 5.32 Å². The predicted molar refractivity (Wildman–Crippen MR) is 94.8 cm³/mol. The Hall–Kier alpha value is -3.37. The number of imide groups is 1. The molecule has 154 valence electrons. The van der Waals surface area contributed by atoms with Crippen LogP contribution < -0.4 is 5.32 Å². The van der Waals surface area contributed by atoms with Crippen molar-refractivity contribution in [2.45, 2.75) is 25.7 Å². The highest BCUT2D eigenvalue weighted by Crippen LogP contribution is 2.37. The van der Waals surface area contributed by atoms with E-state index in [1.807, 2.05) is 0 Å². The fourth-order valence-electron chi connectivity index (χ4n) is 3.66. The van der Waals surface area contributed by atoms with Crippen LogP contribution in [0.5, 0.6) is 0 Å². The highest BCUT2D eigenvalue weighted by molar-refractivity contribution is 6.07. The summed E-state index contributed by atoms with van der Waals surface area (Å²) in [7, 11) is 0. The zero-order chi connectivity index (χ0) is 21.1. The number of hydrogen-bond acceptors (Lipinski definition) is 7. The molecule has 3 amide bonds. The summed E-state index contributed by atoms with van der Waals surface area (Å²) in [5.74, 6) is -4.28. The lowest BCUT2D eigenvalue weighted by molar-refractivity contribution is -0.384. The summed E-state index contributed by atoms with van der Waals surface area (Å²) in [4.78, 5) is 59.4. The van der Waals surface area contributed by atoms with Crippen molar-refractivity contribution in [3.63, 3.8) is 0 Å². The molecule has 1 heterocycles. The van der Waals surface area contributed by atoms with Crippen LogP contribution in [0.2, 0.25) is 0 Å². The van der Waals surface area contributed by atoms with Crippen molar-refractivity contribution in [1.82, 2.24) is 4.90 Å². The summed E-state index contributed by atoms with van der Waals surface area (Å²) in [5.41, 5.74) is -0.910. The van der Waals surface area contributed by atoms with Crippen molar-refractivity contribution in [2.75, 3.05) is 18.5 Å². The van der Waals surface area contributed by atoms with Crippen molar-refractivity contribution >= 4 is 35.1 Å². The quantitative estimate of drug-likeness (QED) is 0.326. The Morgan fingerprint density at radius 1 is 1.21 bits per heavy atom. The lowest BCUT2D eigenvalue weighted by Crippen LogP contribution is -2.37. The molecule has 1 N–H and O–H groups in total. The minimum atomic E-state index is -0.950. The summed E-state index contributed by atoms with van der Waals surface area (Å²) >= 11 is 0. The van der Waals surface area contributed by atoms with E-state index in [-0.39, 0.29) is 5.69 Å². The molecule has 1 saturated carbocycles. The van der Waals surface area contributed by atoms with Gasteiger partial charge in [-0.15, -0.1) is 0 Å². The number of nitro benzene ring substituents is 1. The standard InChI is InChI=1S/C18H18FN3O7/c19-10-5-6-13(14(7-10)22(27)28)20-15(23)9-29-16(24)8-21-17(25)11-3-1-2-4-12(11)18(21)26/h5-7,11-12H,1-4,8-9H2,(H,20,23). The van der Waals surface area contributed by atoms with Gasteiger partial charge in [-0.2, -0.15) is 0 Å². The number of esters is 1. The first-order valence-electron chi connectivity index (χ1n) is 9.02. The number of amides is 3. The van der Waals surface area contributed by atoms with Crippen LogP contribution in [0, 0.1) is 27.8 Å². The monoisotopic (exact) mass is 407 g/mol. The molecule has 11 heteroatoms. The average molecular weight is 407 g/mol. The summed E-state index contributed by atoms with van der Waals surface area (Å²) in [6.07, 6.45) is 2.93. The van der Waals surface area contributed by atoms with E-state index in [1.165, 1.54) is 0 Å². The third-order valence-corrected chi connectivity index (χ3v) is 5.01. The Labute approximate surface area is 164 Å². The lowest BCUT2D eigenvalue weighted by atomic mass is 9.81. The van der Waals surface area contributed by atoms with Crippen LogP contribution in [-0.4, -0.2) is 46.7 Å². The Bertz CT molecular complexity index is 864. The maximum Gasteiger partial charge on any atom is 0.326 e. The first-order chi connectivity index (χ1) is 13.8. The molecule has 10 nitrogen and oxygen atoms in total. The fraction of sp³-hybridized carbons (Fsp3) is 0.444. The number of hydrogen-bond donors (Lipinski definition) is 1. The molecular formula is C18H18FN3O7. The molecule has 29 heavy (non-hydrogen) atoms. The highest BCUT2D eigenvalue weighted by atomic mass is 19.1. The van der Waals surface area contributed by atoms with Crippen LogP contribution >= 0.6 is 0 Å². The Morgan fingerprint density at radius 2 is 1.83 bits per heavy atom. The second kappa shape index (κ2) is 8.33. The first-order valence-corrected chi connectivity index (χ1v) is 9.02. The van der Waals surface area contributed by atoms with Gasteiger partial charge in [0, 0.05) is 0 Å². The molecule has 1 saturated heterocycles. The molecular weight excluding hydrogens is 389 g/mol. The van der Waals surface area contributed by atoms with E-state index >= 15 is 0 Å². The van der Waals surface area contributed by atoms with Gasteiger partial charge in [-0.3, -0.25) is 34.2 Å². The largest absolute Gasteiger partial charge is 0.454 e. The molecule has 1 aliphatic heterocycles. The van der Waals surface area contributed by atoms with Gasteiger partial charge in [-0.1, -0.05) is 12.8 Å². The summed E-state index contributed by atoms with van der Waals surface area (Å²) < 4.78 is 17.9. The van der Waals surface area contributed by atoms with Crippen molar-refractivity contribution in [1.29, 1.82) is 0 Å². The normalized spacial score (nSPS) is 20.9. The van der Waals surface area contributed by atoms with Crippen LogP contribution in [0.3, 0.4) is 0 Å². The second-order valence-corrected chi connectivity index (χ2v) is 6.89. The van der Waals surface area contributed by atoms with Gasteiger partial charge in [0.2, 0.25) is 11.8 Å². The second-order valence-electron chi connectivity index (χ2n) is 6.89. The van der Waals surface area contributed by atoms with E-state index in [0.717, 1.165) is 29.9 Å². The minimum Gasteiger partial charge on any atom is -0.454 e. The minimum absolute atomic E-state index is 0.258. The molecule has 1 aromatic carbocycles. The number of carbonyl (C=O) groups is 4. The van der Waals surface area contributed by atoms with Gasteiger partial charge < -0.3 is 10.1 Å². The molecule has 1 aliphatic carbocycles. The molecule has 2 unspecified atom stereocenters. The number of rotatable bonds is 6. The molecule has 2 aliphatic rings. The van der Waals surface area contributed by atoms with E-state index in [9.17, 15) is 33.7 Å². The fourth-order valence-corrected chi connectivity index (χ4v) is 3.66. The smallest absolute Gasteiger partial charge is 0.326 e. The van der Waals surface area contributed by atoms with Crippen molar-refractivity contribution in [2.24, 2.45) is 11.8 Å². The van der Waals surface area contributed by atoms with Crippen molar-refractivity contribution in [3.8, 4) is 0 Å². The number of anilines is 1. The number of fused-ring (bicyclic) bond motifs is 1. The molecule has 0 radical (unpaired) electrons. The van der Waals surface area contributed by atoms with E-state index in [4.69, 9.17) is 4.74 Å². The molecule has 0 spiro atoms. The molecule has 3 rings (SSSR count). The SMILES string of the molecule is O=C(COC(=O)CN1C(=O)C2CCCCC2C1=O)Nc1ccc(F)cc1[N+](=O)[O-]. The van der Waals surface area contributed by atoms with E-state index < -0.39 is 65.1 Å². The number of ether oxygens (including phenoxy) is 1. The number of benzene rings is 1. The summed E-state index contributed by atoms with van der Waals surface area (Å²) in [6, 6.07) is 2.58. The van der Waals surface area contributed by atoms with Gasteiger partial charge in [0.25, 0.3) is 11.6 Å². The first kappa shape index (κ1) is 20.4. The van der Waals surface area contributed by atoms with E-state index in [1.54, 1.807) is 0 Å². The van der Waals surface area contributed by atoms with Gasteiger partial charge in [0.15, 0.2) is 6.61 Å². The molecule has 1 aromatic rings. The summed E-state index contributed by atoms with van der Waals surface area (Å²) in [5, 5.41) is 13.1. The van der Waals surface area contributed by atoms with Gasteiger partial charge in [0.05, 0.1) is 22.8 Å². The van der Waals surface area contributed by atoms with Crippen LogP contribution in [-0.2, 0) is 23.9 Å². The highest BCUT2D eigenvalue weighted by Gasteiger charge is 2.48. The van der Waals surface area contributed by atoms with Crippen LogP contribution in [0.25, 0.3) is 0 Å². The number of nitrogens with one attached hydrogen (secondary N) is 1. The molecule has 2 fully saturated rings. The number of halogens is 1. The van der Waals surface area contributed by atoms with Gasteiger partial charge in [-0.25, -0.2) is 4.39 Å². The topological polar surface area (TPSA) is 136 Å². The maximum absolute atomic E-state index is 13.1. The molecule has 2 atom stereocenters. The van der Waals surface area contributed by atoms with Crippen molar-refractivity contribution < 1.29 is 33.2 Å². The Kier molecular flexibility index (Phi) is 5.85. The Balaban J connectivity index is 1.53. The third kappa shape index (κ3) is 4.39. The average Bonchev–Trinajstić information content (AvgIpc) is 2.93. The van der Waals surface area contributed by atoms with Gasteiger partial charge in [0.1, 0.15) is 18.0 Å². The van der Waals surface area contributed by atoms with Gasteiger partial charge >= 0.3 is 5.97 Å². The summed E-state index contributed by atoms with van der Waals surface area (Å²) in [6.45, 7) is -1.37. The number of nitro groups is 1. The number of nitrogens with zero attached hydrogens (tertiary/aromatic N) is 2. The lowest BCUT2D eigenvalue weighted by Gasteiger charge is -2.19.